The Hall–Kier alpha value is -5.66. The molecule has 2 aromatic heterocycles. The first kappa shape index (κ1) is 35.6. The number of amides is 3. The maximum absolute atomic E-state index is 14.1. The van der Waals surface area contributed by atoms with E-state index in [4.69, 9.17) is 11.5 Å². The molecule has 0 radical (unpaired) electrons. The summed E-state index contributed by atoms with van der Waals surface area (Å²) in [5.41, 5.74) is 15.9. The van der Waals surface area contributed by atoms with Crippen molar-refractivity contribution in [2.45, 2.75) is 62.7 Å². The molecule has 3 aromatic carbocycles. The predicted molar refractivity (Wildman–Crippen MR) is 190 cm³/mol. The molecule has 2 heterocycles. The van der Waals surface area contributed by atoms with Gasteiger partial charge in [-0.05, 0) is 73.2 Å². The highest BCUT2D eigenvalue weighted by atomic mass is 16.4. The molecule has 11 N–H and O–H groups in total. The van der Waals surface area contributed by atoms with Crippen LogP contribution < -0.4 is 27.4 Å². The van der Waals surface area contributed by atoms with Crippen LogP contribution in [0.3, 0.4) is 0 Å². The van der Waals surface area contributed by atoms with Crippen LogP contribution in [0.4, 0.5) is 0 Å². The summed E-state index contributed by atoms with van der Waals surface area (Å²) in [5, 5.41) is 29.6. The molecular formula is C37H43N7O6. The van der Waals surface area contributed by atoms with Crippen LogP contribution in [-0.2, 0) is 38.4 Å². The topological polar surface area (TPSA) is 228 Å². The lowest BCUT2D eigenvalue weighted by molar-refractivity contribution is -0.142. The molecule has 0 saturated carbocycles. The fraction of sp³-hybridized carbons (Fsp3) is 0.297. The minimum Gasteiger partial charge on any atom is -0.508 e. The van der Waals surface area contributed by atoms with Crippen molar-refractivity contribution in [3.8, 4) is 5.75 Å². The third kappa shape index (κ3) is 9.07. The Kier molecular flexibility index (Phi) is 11.9. The number of hydrogen-bond donors (Lipinski definition) is 9. The molecule has 0 bridgehead atoms. The van der Waals surface area contributed by atoms with Gasteiger partial charge in [-0.1, -0.05) is 48.5 Å². The van der Waals surface area contributed by atoms with E-state index in [2.05, 4.69) is 25.9 Å². The summed E-state index contributed by atoms with van der Waals surface area (Å²) in [6.07, 6.45) is 5.06. The molecule has 4 unspecified atom stereocenters. The quantitative estimate of drug-likeness (QED) is 0.0660. The van der Waals surface area contributed by atoms with Gasteiger partial charge in [0, 0.05) is 47.0 Å². The molecule has 0 fully saturated rings. The number of aromatic hydroxyl groups is 1. The number of benzene rings is 3. The van der Waals surface area contributed by atoms with Gasteiger partial charge in [-0.15, -0.1) is 0 Å². The van der Waals surface area contributed by atoms with Gasteiger partial charge in [0.2, 0.25) is 17.7 Å². The van der Waals surface area contributed by atoms with Crippen molar-refractivity contribution in [1.82, 2.24) is 25.9 Å². The third-order valence-corrected chi connectivity index (χ3v) is 8.75. The van der Waals surface area contributed by atoms with E-state index in [-0.39, 0.29) is 31.4 Å². The minimum atomic E-state index is -1.20. The number of aromatic nitrogens is 2. The van der Waals surface area contributed by atoms with Gasteiger partial charge >= 0.3 is 5.97 Å². The molecule has 13 heteroatoms. The van der Waals surface area contributed by atoms with E-state index in [1.165, 1.54) is 12.1 Å². The number of carboxylic acids is 1. The highest BCUT2D eigenvalue weighted by Gasteiger charge is 2.31. The molecule has 50 heavy (non-hydrogen) atoms. The smallest absolute Gasteiger partial charge is 0.326 e. The Balaban J connectivity index is 1.38. The molecule has 0 aliphatic heterocycles. The number of fused-ring (bicyclic) bond motifs is 2. The summed E-state index contributed by atoms with van der Waals surface area (Å²) in [7, 11) is 0. The first-order valence-electron chi connectivity index (χ1n) is 16.6. The molecule has 0 aliphatic carbocycles. The number of carbonyl (C=O) groups is 4. The van der Waals surface area contributed by atoms with Crippen molar-refractivity contribution >= 4 is 45.5 Å². The lowest BCUT2D eigenvalue weighted by Crippen LogP contribution is -2.58. The number of phenolic OH excluding ortho intramolecular Hbond substituents is 1. The van der Waals surface area contributed by atoms with E-state index in [1.54, 1.807) is 24.5 Å². The summed E-state index contributed by atoms with van der Waals surface area (Å²) in [4.78, 5) is 59.7. The van der Waals surface area contributed by atoms with Crippen LogP contribution in [0.15, 0.2) is 85.2 Å². The molecule has 3 amide bonds. The zero-order chi connectivity index (χ0) is 35.6. The molecule has 0 aliphatic rings. The predicted octanol–water partition coefficient (Wildman–Crippen LogP) is 2.38. The summed E-state index contributed by atoms with van der Waals surface area (Å²) in [5.74, 6) is -3.09. The van der Waals surface area contributed by atoms with Gasteiger partial charge < -0.3 is 47.6 Å². The van der Waals surface area contributed by atoms with Gasteiger partial charge in [-0.2, -0.15) is 0 Å². The van der Waals surface area contributed by atoms with Crippen molar-refractivity contribution in [1.29, 1.82) is 0 Å². The number of H-pyrrole nitrogens is 2. The number of phenols is 1. The van der Waals surface area contributed by atoms with E-state index in [0.29, 0.717) is 24.9 Å². The average Bonchev–Trinajstić information content (AvgIpc) is 3.71. The monoisotopic (exact) mass is 681 g/mol. The van der Waals surface area contributed by atoms with Gasteiger partial charge in [-0.3, -0.25) is 14.4 Å². The summed E-state index contributed by atoms with van der Waals surface area (Å²) >= 11 is 0. The van der Waals surface area contributed by atoms with E-state index in [1.807, 2.05) is 48.5 Å². The van der Waals surface area contributed by atoms with Crippen LogP contribution in [-0.4, -0.2) is 74.6 Å². The second kappa shape index (κ2) is 16.6. The normalized spacial score (nSPS) is 13.7. The van der Waals surface area contributed by atoms with Crippen LogP contribution in [0.5, 0.6) is 5.75 Å². The van der Waals surface area contributed by atoms with Crippen LogP contribution in [0.25, 0.3) is 21.8 Å². The number of nitrogens with one attached hydrogen (secondary N) is 5. The number of aromatic amines is 2. The molecule has 0 spiro atoms. The molecule has 0 saturated heterocycles. The highest BCUT2D eigenvalue weighted by molar-refractivity contribution is 5.95. The Morgan fingerprint density at radius 1 is 0.660 bits per heavy atom. The number of hydrogen-bond acceptors (Lipinski definition) is 7. The Bertz CT molecular complexity index is 1940. The second-order valence-corrected chi connectivity index (χ2v) is 12.4. The summed E-state index contributed by atoms with van der Waals surface area (Å²) < 4.78 is 0. The summed E-state index contributed by atoms with van der Waals surface area (Å²) in [6.45, 7) is 0.388. The SMILES string of the molecule is NCCCCC(NC(=O)C(Cc1c[nH]c2ccccc12)NC(=O)C(Cc1ccc(O)cc1)NC(=O)C(N)Cc1c[nH]c2ccccc12)C(=O)O. The molecular weight excluding hydrogens is 638 g/mol. The van der Waals surface area contributed by atoms with Crippen molar-refractivity contribution in [3.63, 3.8) is 0 Å². The fourth-order valence-corrected chi connectivity index (χ4v) is 6.01. The van der Waals surface area contributed by atoms with Crippen LogP contribution in [0.2, 0.25) is 0 Å². The first-order valence-corrected chi connectivity index (χ1v) is 16.6. The van der Waals surface area contributed by atoms with Crippen LogP contribution in [0, 0.1) is 0 Å². The lowest BCUT2D eigenvalue weighted by atomic mass is 10.0. The summed E-state index contributed by atoms with van der Waals surface area (Å²) in [6, 6.07) is 16.8. The number of carboxylic acid groups (broad SMARTS) is 1. The first-order chi connectivity index (χ1) is 24.1. The Morgan fingerprint density at radius 3 is 1.76 bits per heavy atom. The standard InChI is InChI=1S/C37H43N7O6/c38-16-6-5-11-31(37(49)50)42-36(48)33(19-24-21-41-30-10-4-2-8-27(24)30)44-35(47)32(17-22-12-14-25(45)15-13-22)43-34(46)28(39)18-23-20-40-29-9-3-1-7-26(23)29/h1-4,7-10,12-15,20-21,28,31-33,40-41,45H,5-6,11,16-19,38-39H2,(H,42,48)(H,43,46)(H,44,47)(H,49,50). The van der Waals surface area contributed by atoms with Gasteiger partial charge in [0.05, 0.1) is 6.04 Å². The van der Waals surface area contributed by atoms with Gasteiger partial charge in [0.25, 0.3) is 0 Å². The van der Waals surface area contributed by atoms with Crippen molar-refractivity contribution in [3.05, 3.63) is 102 Å². The Labute approximate surface area is 288 Å². The van der Waals surface area contributed by atoms with E-state index >= 15 is 0 Å². The van der Waals surface area contributed by atoms with Crippen LogP contribution in [0.1, 0.15) is 36.0 Å². The van der Waals surface area contributed by atoms with E-state index < -0.39 is 47.9 Å². The Morgan fingerprint density at radius 2 is 1.18 bits per heavy atom. The maximum atomic E-state index is 14.1. The second-order valence-electron chi connectivity index (χ2n) is 12.4. The number of para-hydroxylation sites is 2. The third-order valence-electron chi connectivity index (χ3n) is 8.75. The van der Waals surface area contributed by atoms with Gasteiger partial charge in [0.15, 0.2) is 0 Å². The van der Waals surface area contributed by atoms with Crippen molar-refractivity contribution in [2.75, 3.05) is 6.54 Å². The van der Waals surface area contributed by atoms with E-state index in [0.717, 1.165) is 32.9 Å². The number of rotatable bonds is 17. The number of nitrogens with two attached hydrogens (primary N) is 2. The minimum absolute atomic E-state index is 0.0237. The van der Waals surface area contributed by atoms with Gasteiger partial charge in [0.1, 0.15) is 23.9 Å². The van der Waals surface area contributed by atoms with Crippen molar-refractivity contribution in [2.24, 2.45) is 11.5 Å². The lowest BCUT2D eigenvalue weighted by Gasteiger charge is -2.25. The van der Waals surface area contributed by atoms with Crippen molar-refractivity contribution < 1.29 is 29.4 Å². The molecule has 13 nitrogen and oxygen atoms in total. The zero-order valence-electron chi connectivity index (χ0n) is 27.5. The zero-order valence-corrected chi connectivity index (χ0v) is 27.5. The fourth-order valence-electron chi connectivity index (χ4n) is 6.01. The number of carbonyl (C=O) groups excluding carboxylic acids is 3. The molecule has 4 atom stereocenters. The van der Waals surface area contributed by atoms with Gasteiger partial charge in [-0.25, -0.2) is 4.79 Å². The highest BCUT2D eigenvalue weighted by Crippen LogP contribution is 2.21. The molecule has 262 valence electrons. The average molecular weight is 682 g/mol. The number of aliphatic carboxylic acids is 1. The number of unbranched alkanes of at least 4 members (excludes halogenated alkanes) is 1. The van der Waals surface area contributed by atoms with Crippen LogP contribution >= 0.6 is 0 Å². The molecule has 5 aromatic rings. The maximum Gasteiger partial charge on any atom is 0.326 e. The van der Waals surface area contributed by atoms with E-state index in [9.17, 15) is 29.4 Å². The molecule has 5 rings (SSSR count). The largest absolute Gasteiger partial charge is 0.508 e.